The number of rotatable bonds is 1. The largest absolute Gasteiger partial charge is 0.465 e. The number of benzene rings is 1. The summed E-state index contributed by atoms with van der Waals surface area (Å²) in [5.41, 5.74) is -0.487. The number of hydrogen-bond donors (Lipinski definition) is 1. The third kappa shape index (κ3) is 3.34. The van der Waals surface area contributed by atoms with E-state index in [9.17, 15) is 18.0 Å². The van der Waals surface area contributed by atoms with Crippen LogP contribution < -0.4 is 4.90 Å². The zero-order chi connectivity index (χ0) is 15.8. The van der Waals surface area contributed by atoms with Crippen molar-refractivity contribution in [2.24, 2.45) is 0 Å². The fraction of sp³-hybridized carbons (Fsp3) is 0.462. The molecule has 1 fully saturated rings. The molecule has 1 unspecified atom stereocenters. The molecule has 1 atom stereocenters. The first-order valence-electron chi connectivity index (χ1n) is 6.31. The maximum absolute atomic E-state index is 12.9. The highest BCUT2D eigenvalue weighted by atomic mass is 35.5. The van der Waals surface area contributed by atoms with Crippen LogP contribution in [0.1, 0.15) is 12.5 Å². The summed E-state index contributed by atoms with van der Waals surface area (Å²) in [4.78, 5) is 13.9. The van der Waals surface area contributed by atoms with Crippen LogP contribution in [0.2, 0.25) is 5.02 Å². The van der Waals surface area contributed by atoms with E-state index in [1.807, 2.05) is 0 Å². The molecule has 2 rings (SSSR count). The topological polar surface area (TPSA) is 43.8 Å². The maximum atomic E-state index is 12.9. The van der Waals surface area contributed by atoms with Crippen molar-refractivity contribution in [2.45, 2.75) is 19.1 Å². The molecular weight excluding hydrogens is 309 g/mol. The third-order valence-electron chi connectivity index (χ3n) is 3.49. The molecule has 116 valence electrons. The number of hydrogen-bond acceptors (Lipinski definition) is 2. The Bertz CT molecular complexity index is 551. The summed E-state index contributed by atoms with van der Waals surface area (Å²) in [6, 6.07) is 3.53. The third-order valence-corrected chi connectivity index (χ3v) is 3.81. The van der Waals surface area contributed by atoms with Gasteiger partial charge in [0.25, 0.3) is 0 Å². The van der Waals surface area contributed by atoms with Gasteiger partial charge in [-0.25, -0.2) is 4.79 Å². The first-order valence-corrected chi connectivity index (χ1v) is 6.69. The van der Waals surface area contributed by atoms with Crippen LogP contribution in [0.25, 0.3) is 0 Å². The summed E-state index contributed by atoms with van der Waals surface area (Å²) >= 11 is 5.60. The van der Waals surface area contributed by atoms with Crippen molar-refractivity contribution in [3.63, 3.8) is 0 Å². The first kappa shape index (κ1) is 15.8. The standard InChI is InChI=1S/C13H14ClF3N2O2/c1-8-7-18(12(20)21)4-5-19(8)9-2-3-11(14)10(6-9)13(15,16)17/h2-3,6,8H,4-5,7H2,1H3,(H,20,21). The number of carbonyl (C=O) groups is 1. The molecule has 1 aliphatic heterocycles. The molecule has 1 aromatic carbocycles. The number of halogens is 4. The quantitative estimate of drug-likeness (QED) is 0.860. The minimum atomic E-state index is -4.51. The van der Waals surface area contributed by atoms with Crippen molar-refractivity contribution < 1.29 is 23.1 Å². The van der Waals surface area contributed by atoms with Crippen LogP contribution in [0.15, 0.2) is 18.2 Å². The molecule has 0 spiro atoms. The molecule has 1 saturated heterocycles. The lowest BCUT2D eigenvalue weighted by atomic mass is 10.1. The molecule has 0 saturated carbocycles. The highest BCUT2D eigenvalue weighted by Gasteiger charge is 2.34. The normalized spacial score (nSPS) is 19.8. The van der Waals surface area contributed by atoms with Gasteiger partial charge in [-0.2, -0.15) is 13.2 Å². The van der Waals surface area contributed by atoms with Crippen molar-refractivity contribution in [1.29, 1.82) is 0 Å². The van der Waals surface area contributed by atoms with Gasteiger partial charge in [0.15, 0.2) is 0 Å². The number of nitrogens with zero attached hydrogens (tertiary/aromatic N) is 2. The van der Waals surface area contributed by atoms with Gasteiger partial charge >= 0.3 is 12.3 Å². The number of carboxylic acid groups (broad SMARTS) is 1. The highest BCUT2D eigenvalue weighted by Crippen LogP contribution is 2.37. The van der Waals surface area contributed by atoms with E-state index in [1.165, 1.54) is 17.0 Å². The highest BCUT2D eigenvalue weighted by molar-refractivity contribution is 6.31. The molecule has 0 bridgehead atoms. The SMILES string of the molecule is CC1CN(C(=O)O)CCN1c1ccc(Cl)c(C(F)(F)F)c1. The molecule has 1 amide bonds. The van der Waals surface area contributed by atoms with Crippen LogP contribution in [0.4, 0.5) is 23.7 Å². The molecule has 0 aliphatic carbocycles. The second kappa shape index (κ2) is 5.63. The van der Waals surface area contributed by atoms with E-state index >= 15 is 0 Å². The summed E-state index contributed by atoms with van der Waals surface area (Å²) in [7, 11) is 0. The molecule has 1 N–H and O–H groups in total. The maximum Gasteiger partial charge on any atom is 0.417 e. The van der Waals surface area contributed by atoms with Crippen LogP contribution >= 0.6 is 11.6 Å². The van der Waals surface area contributed by atoms with Gasteiger partial charge in [0.1, 0.15) is 0 Å². The van der Waals surface area contributed by atoms with Crippen LogP contribution in [0, 0.1) is 0 Å². The average Bonchev–Trinajstić information content (AvgIpc) is 2.38. The molecule has 0 aromatic heterocycles. The fourth-order valence-corrected chi connectivity index (χ4v) is 2.65. The summed E-state index contributed by atoms with van der Waals surface area (Å²) in [6.07, 6.45) is -5.53. The Morgan fingerprint density at radius 1 is 1.38 bits per heavy atom. The fourth-order valence-electron chi connectivity index (χ4n) is 2.42. The molecule has 8 heteroatoms. The number of anilines is 1. The van der Waals surface area contributed by atoms with Gasteiger partial charge in [0.05, 0.1) is 10.6 Å². The smallest absolute Gasteiger partial charge is 0.417 e. The van der Waals surface area contributed by atoms with Crippen LogP contribution in [0.3, 0.4) is 0 Å². The zero-order valence-electron chi connectivity index (χ0n) is 11.2. The van der Waals surface area contributed by atoms with Crippen molar-refractivity contribution in [2.75, 3.05) is 24.5 Å². The van der Waals surface area contributed by atoms with Gasteiger partial charge in [-0.1, -0.05) is 11.6 Å². The Balaban J connectivity index is 2.25. The molecule has 4 nitrogen and oxygen atoms in total. The molecule has 0 radical (unpaired) electrons. The second-order valence-electron chi connectivity index (χ2n) is 4.93. The Kier molecular flexibility index (Phi) is 4.22. The Labute approximate surface area is 124 Å². The first-order chi connectivity index (χ1) is 9.70. The lowest BCUT2D eigenvalue weighted by Crippen LogP contribution is -2.53. The Hall–Kier alpha value is -1.63. The predicted molar refractivity (Wildman–Crippen MR) is 72.9 cm³/mol. The molecule has 1 aromatic rings. The second-order valence-corrected chi connectivity index (χ2v) is 5.34. The number of amides is 1. The van der Waals surface area contributed by atoms with Gasteiger partial charge in [-0.05, 0) is 25.1 Å². The molecule has 1 heterocycles. The molecule has 21 heavy (non-hydrogen) atoms. The van der Waals surface area contributed by atoms with Gasteiger partial charge < -0.3 is 14.9 Å². The van der Waals surface area contributed by atoms with Crippen molar-refractivity contribution in [1.82, 2.24) is 4.90 Å². The Morgan fingerprint density at radius 3 is 2.57 bits per heavy atom. The van der Waals surface area contributed by atoms with Crippen LogP contribution in [-0.2, 0) is 6.18 Å². The van der Waals surface area contributed by atoms with Gasteiger partial charge in [0.2, 0.25) is 0 Å². The molecular formula is C13H14ClF3N2O2. The van der Waals surface area contributed by atoms with E-state index in [4.69, 9.17) is 16.7 Å². The lowest BCUT2D eigenvalue weighted by molar-refractivity contribution is -0.137. The minimum Gasteiger partial charge on any atom is -0.465 e. The predicted octanol–water partition coefficient (Wildman–Crippen LogP) is 3.55. The number of alkyl halides is 3. The van der Waals surface area contributed by atoms with Crippen LogP contribution in [-0.4, -0.2) is 41.8 Å². The van der Waals surface area contributed by atoms with Gasteiger partial charge in [-0.15, -0.1) is 0 Å². The van der Waals surface area contributed by atoms with Crippen molar-refractivity contribution >= 4 is 23.4 Å². The average molecular weight is 323 g/mol. The van der Waals surface area contributed by atoms with E-state index in [-0.39, 0.29) is 24.2 Å². The van der Waals surface area contributed by atoms with E-state index in [0.717, 1.165) is 6.07 Å². The minimum absolute atomic E-state index is 0.211. The lowest BCUT2D eigenvalue weighted by Gasteiger charge is -2.40. The monoisotopic (exact) mass is 322 g/mol. The Morgan fingerprint density at radius 2 is 2.05 bits per heavy atom. The van der Waals surface area contributed by atoms with Gasteiger partial charge in [0, 0.05) is 31.4 Å². The van der Waals surface area contributed by atoms with Crippen molar-refractivity contribution in [3.8, 4) is 0 Å². The summed E-state index contributed by atoms with van der Waals surface area (Å²) in [6.45, 7) is 2.62. The van der Waals surface area contributed by atoms with E-state index in [1.54, 1.807) is 11.8 Å². The number of piperazine rings is 1. The van der Waals surface area contributed by atoms with E-state index < -0.39 is 17.8 Å². The van der Waals surface area contributed by atoms with Crippen molar-refractivity contribution in [3.05, 3.63) is 28.8 Å². The summed E-state index contributed by atoms with van der Waals surface area (Å²) < 4.78 is 38.6. The summed E-state index contributed by atoms with van der Waals surface area (Å²) in [5.74, 6) is 0. The van der Waals surface area contributed by atoms with Crippen LogP contribution in [0.5, 0.6) is 0 Å². The van der Waals surface area contributed by atoms with Gasteiger partial charge in [-0.3, -0.25) is 0 Å². The molecule has 1 aliphatic rings. The zero-order valence-corrected chi connectivity index (χ0v) is 11.9. The summed E-state index contributed by atoms with van der Waals surface area (Å²) in [5, 5.41) is 8.60. The van der Waals surface area contributed by atoms with E-state index in [2.05, 4.69) is 0 Å². The van der Waals surface area contributed by atoms with E-state index in [0.29, 0.717) is 12.2 Å².